The molecule has 0 saturated heterocycles. The minimum atomic E-state index is -0.546. The third kappa shape index (κ3) is 2.81. The van der Waals surface area contributed by atoms with Crippen LogP contribution in [0.25, 0.3) is 0 Å². The summed E-state index contributed by atoms with van der Waals surface area (Å²) in [4.78, 5) is 0. The van der Waals surface area contributed by atoms with E-state index in [1.54, 1.807) is 24.0 Å². The van der Waals surface area contributed by atoms with Gasteiger partial charge in [0.05, 0.1) is 11.7 Å². The van der Waals surface area contributed by atoms with Crippen molar-refractivity contribution in [3.8, 4) is 0 Å². The summed E-state index contributed by atoms with van der Waals surface area (Å²) >= 11 is 0. The first-order chi connectivity index (χ1) is 9.15. The normalized spacial score (nSPS) is 12.6. The SMILES string of the molecule is CCCNC(c1c(F)cccc1F)c1ccnn1C. The molecule has 1 atom stereocenters. The molecule has 0 amide bonds. The van der Waals surface area contributed by atoms with E-state index >= 15 is 0 Å². The van der Waals surface area contributed by atoms with Crippen LogP contribution < -0.4 is 5.32 Å². The highest BCUT2D eigenvalue weighted by atomic mass is 19.1. The third-order valence-electron chi connectivity index (χ3n) is 3.04. The van der Waals surface area contributed by atoms with Gasteiger partial charge in [-0.2, -0.15) is 5.10 Å². The molecule has 0 aliphatic rings. The molecule has 3 nitrogen and oxygen atoms in total. The lowest BCUT2D eigenvalue weighted by Crippen LogP contribution is -2.27. The van der Waals surface area contributed by atoms with Crippen molar-refractivity contribution >= 4 is 0 Å². The van der Waals surface area contributed by atoms with E-state index in [9.17, 15) is 8.78 Å². The zero-order valence-electron chi connectivity index (χ0n) is 11.0. The Balaban J connectivity index is 2.46. The molecule has 1 aromatic heterocycles. The van der Waals surface area contributed by atoms with E-state index in [1.165, 1.54) is 18.2 Å². The smallest absolute Gasteiger partial charge is 0.131 e. The average molecular weight is 265 g/mol. The maximum absolute atomic E-state index is 13.9. The molecule has 0 saturated carbocycles. The fourth-order valence-electron chi connectivity index (χ4n) is 2.10. The first-order valence-corrected chi connectivity index (χ1v) is 6.30. The Kier molecular flexibility index (Phi) is 4.27. The van der Waals surface area contributed by atoms with Crippen molar-refractivity contribution < 1.29 is 8.78 Å². The van der Waals surface area contributed by atoms with E-state index in [4.69, 9.17) is 0 Å². The summed E-state index contributed by atoms with van der Waals surface area (Å²) in [5.41, 5.74) is 0.775. The second-order valence-electron chi connectivity index (χ2n) is 4.40. The predicted molar refractivity (Wildman–Crippen MR) is 69.7 cm³/mol. The molecule has 1 aromatic carbocycles. The molecule has 0 aliphatic heterocycles. The van der Waals surface area contributed by atoms with E-state index in [1.807, 2.05) is 6.92 Å². The maximum atomic E-state index is 13.9. The number of aromatic nitrogens is 2. The molecular formula is C14H17F2N3. The van der Waals surface area contributed by atoms with Gasteiger partial charge in [0.25, 0.3) is 0 Å². The standard InChI is InChI=1S/C14H17F2N3/c1-3-8-17-14(12-7-9-18-19(12)2)13-10(15)5-4-6-11(13)16/h4-7,9,14,17H,3,8H2,1-2H3. The first kappa shape index (κ1) is 13.7. The van der Waals surface area contributed by atoms with Crippen LogP contribution in [-0.4, -0.2) is 16.3 Å². The molecule has 19 heavy (non-hydrogen) atoms. The monoisotopic (exact) mass is 265 g/mol. The molecule has 0 bridgehead atoms. The van der Waals surface area contributed by atoms with Gasteiger partial charge in [0.2, 0.25) is 0 Å². The summed E-state index contributed by atoms with van der Waals surface area (Å²) in [5.74, 6) is -1.09. The zero-order chi connectivity index (χ0) is 13.8. The number of nitrogens with zero attached hydrogens (tertiary/aromatic N) is 2. The van der Waals surface area contributed by atoms with Crippen LogP contribution in [0.15, 0.2) is 30.5 Å². The number of rotatable bonds is 5. The van der Waals surface area contributed by atoms with Crippen LogP contribution in [0.3, 0.4) is 0 Å². The van der Waals surface area contributed by atoms with Gasteiger partial charge in [-0.25, -0.2) is 8.78 Å². The van der Waals surface area contributed by atoms with Crippen molar-refractivity contribution in [2.24, 2.45) is 7.05 Å². The molecule has 1 N–H and O–H groups in total. The Hall–Kier alpha value is -1.75. The molecule has 1 unspecified atom stereocenters. The van der Waals surface area contributed by atoms with E-state index in [0.29, 0.717) is 6.54 Å². The second kappa shape index (κ2) is 5.93. The van der Waals surface area contributed by atoms with E-state index in [0.717, 1.165) is 12.1 Å². The summed E-state index contributed by atoms with van der Waals surface area (Å²) in [7, 11) is 1.76. The van der Waals surface area contributed by atoms with Gasteiger partial charge in [-0.05, 0) is 31.2 Å². The minimum absolute atomic E-state index is 0.0413. The van der Waals surface area contributed by atoms with Crippen LogP contribution in [0.5, 0.6) is 0 Å². The summed E-state index contributed by atoms with van der Waals surface area (Å²) in [6.45, 7) is 2.68. The molecule has 0 fully saturated rings. The second-order valence-corrected chi connectivity index (χ2v) is 4.40. The van der Waals surface area contributed by atoms with Crippen LogP contribution in [-0.2, 0) is 7.05 Å². The van der Waals surface area contributed by atoms with E-state index in [2.05, 4.69) is 10.4 Å². The van der Waals surface area contributed by atoms with Crippen molar-refractivity contribution in [1.29, 1.82) is 0 Å². The lowest BCUT2D eigenvalue weighted by molar-refractivity contribution is 0.485. The Labute approximate surface area is 111 Å². The van der Waals surface area contributed by atoms with Gasteiger partial charge in [-0.1, -0.05) is 13.0 Å². The lowest BCUT2D eigenvalue weighted by Gasteiger charge is -2.20. The Bertz CT molecular complexity index is 531. The highest BCUT2D eigenvalue weighted by Crippen LogP contribution is 2.26. The van der Waals surface area contributed by atoms with Crippen molar-refractivity contribution in [2.75, 3.05) is 6.54 Å². The number of aryl methyl sites for hydroxylation is 1. The number of hydrogen-bond acceptors (Lipinski definition) is 2. The molecule has 0 radical (unpaired) electrons. The number of nitrogens with one attached hydrogen (secondary N) is 1. The average Bonchev–Trinajstić information content (AvgIpc) is 2.79. The van der Waals surface area contributed by atoms with Crippen molar-refractivity contribution in [3.05, 3.63) is 53.4 Å². The first-order valence-electron chi connectivity index (χ1n) is 6.30. The molecular weight excluding hydrogens is 248 g/mol. The van der Waals surface area contributed by atoms with E-state index < -0.39 is 17.7 Å². The quantitative estimate of drug-likeness (QED) is 0.901. The molecule has 5 heteroatoms. The summed E-state index contributed by atoms with van der Waals surface area (Å²) in [6, 6.07) is 5.15. The largest absolute Gasteiger partial charge is 0.305 e. The number of benzene rings is 1. The fraction of sp³-hybridized carbons (Fsp3) is 0.357. The van der Waals surface area contributed by atoms with Crippen molar-refractivity contribution in [3.63, 3.8) is 0 Å². The highest BCUT2D eigenvalue weighted by molar-refractivity contribution is 5.30. The molecule has 2 aromatic rings. The Morgan fingerprint density at radius 1 is 1.26 bits per heavy atom. The predicted octanol–water partition coefficient (Wildman–Crippen LogP) is 2.79. The van der Waals surface area contributed by atoms with Crippen LogP contribution in [0.2, 0.25) is 0 Å². The van der Waals surface area contributed by atoms with Crippen LogP contribution >= 0.6 is 0 Å². The van der Waals surface area contributed by atoms with Crippen LogP contribution in [0.1, 0.15) is 30.6 Å². The number of hydrogen-bond donors (Lipinski definition) is 1. The van der Waals surface area contributed by atoms with Gasteiger partial charge in [0.15, 0.2) is 0 Å². The molecule has 1 heterocycles. The van der Waals surface area contributed by atoms with Gasteiger partial charge < -0.3 is 5.32 Å². The van der Waals surface area contributed by atoms with Crippen LogP contribution in [0, 0.1) is 11.6 Å². The molecule has 0 spiro atoms. The lowest BCUT2D eigenvalue weighted by atomic mass is 10.0. The van der Waals surface area contributed by atoms with Crippen molar-refractivity contribution in [2.45, 2.75) is 19.4 Å². The summed E-state index contributed by atoms with van der Waals surface area (Å²) in [5, 5.41) is 7.23. The topological polar surface area (TPSA) is 29.9 Å². The molecule has 0 aliphatic carbocycles. The van der Waals surface area contributed by atoms with Gasteiger partial charge in [-0.15, -0.1) is 0 Å². The summed E-state index contributed by atoms with van der Waals surface area (Å²) in [6.07, 6.45) is 2.50. The molecule has 2 rings (SSSR count). The maximum Gasteiger partial charge on any atom is 0.131 e. The van der Waals surface area contributed by atoms with Gasteiger partial charge >= 0.3 is 0 Å². The Morgan fingerprint density at radius 2 is 1.95 bits per heavy atom. The molecule has 102 valence electrons. The fourth-order valence-corrected chi connectivity index (χ4v) is 2.10. The van der Waals surface area contributed by atoms with Gasteiger partial charge in [0.1, 0.15) is 11.6 Å². The third-order valence-corrected chi connectivity index (χ3v) is 3.04. The van der Waals surface area contributed by atoms with E-state index in [-0.39, 0.29) is 5.56 Å². The van der Waals surface area contributed by atoms with Gasteiger partial charge in [0, 0.05) is 18.8 Å². The summed E-state index contributed by atoms with van der Waals surface area (Å²) < 4.78 is 29.5. The number of halogens is 2. The van der Waals surface area contributed by atoms with Crippen LogP contribution in [0.4, 0.5) is 8.78 Å². The van der Waals surface area contributed by atoms with Gasteiger partial charge in [-0.3, -0.25) is 4.68 Å². The van der Waals surface area contributed by atoms with Crippen molar-refractivity contribution in [1.82, 2.24) is 15.1 Å². The Morgan fingerprint density at radius 3 is 2.47 bits per heavy atom. The highest BCUT2D eigenvalue weighted by Gasteiger charge is 2.23. The minimum Gasteiger partial charge on any atom is -0.305 e. The zero-order valence-corrected chi connectivity index (χ0v) is 11.0.